The number of benzene rings is 1. The standard InChI is InChI=1S/C13H12Cl2O/c14-11-2-1-7(6-12(11)15)13(16)10-4-8-3-9(8)5-10/h1-2,6,8-10H,3-5H2. The molecule has 2 aliphatic carbocycles. The van der Waals surface area contributed by atoms with Gasteiger partial charge in [0.1, 0.15) is 0 Å². The Balaban J connectivity index is 1.80. The number of halogens is 2. The van der Waals surface area contributed by atoms with E-state index in [0.717, 1.165) is 24.7 Å². The van der Waals surface area contributed by atoms with E-state index in [1.807, 2.05) is 0 Å². The van der Waals surface area contributed by atoms with Crippen LogP contribution in [0, 0.1) is 17.8 Å². The highest BCUT2D eigenvalue weighted by atomic mass is 35.5. The molecule has 0 N–H and O–H groups in total. The number of Topliss-reactive ketones (excluding diaryl/α,β-unsaturated/α-hetero) is 1. The minimum atomic E-state index is 0.223. The van der Waals surface area contributed by atoms with Crippen molar-refractivity contribution in [2.75, 3.05) is 0 Å². The number of carbonyl (C=O) groups excluding carboxylic acids is 1. The van der Waals surface area contributed by atoms with E-state index in [9.17, 15) is 4.79 Å². The summed E-state index contributed by atoms with van der Waals surface area (Å²) >= 11 is 11.7. The zero-order chi connectivity index (χ0) is 11.3. The van der Waals surface area contributed by atoms with Crippen molar-refractivity contribution in [2.24, 2.45) is 17.8 Å². The van der Waals surface area contributed by atoms with Gasteiger partial charge in [0, 0.05) is 11.5 Å². The molecule has 2 saturated carbocycles. The number of hydrogen-bond donors (Lipinski definition) is 0. The summed E-state index contributed by atoms with van der Waals surface area (Å²) in [5.41, 5.74) is 0.709. The van der Waals surface area contributed by atoms with Crippen LogP contribution in [0.15, 0.2) is 18.2 Å². The third-order valence-electron chi connectivity index (χ3n) is 3.82. The molecule has 0 aromatic heterocycles. The normalized spacial score (nSPS) is 31.2. The maximum Gasteiger partial charge on any atom is 0.166 e. The van der Waals surface area contributed by atoms with Gasteiger partial charge < -0.3 is 0 Å². The fourth-order valence-corrected chi connectivity index (χ4v) is 3.11. The van der Waals surface area contributed by atoms with E-state index in [2.05, 4.69) is 0 Å². The SMILES string of the molecule is O=C(c1ccc(Cl)c(Cl)c1)C1CC2CC2C1. The van der Waals surface area contributed by atoms with Crippen LogP contribution < -0.4 is 0 Å². The Morgan fingerprint density at radius 2 is 1.75 bits per heavy atom. The third-order valence-corrected chi connectivity index (χ3v) is 4.56. The van der Waals surface area contributed by atoms with Crippen molar-refractivity contribution >= 4 is 29.0 Å². The second-order valence-corrected chi connectivity index (χ2v) is 5.73. The summed E-state index contributed by atoms with van der Waals surface area (Å²) in [6.07, 6.45) is 3.48. The molecule has 0 amide bonds. The van der Waals surface area contributed by atoms with E-state index in [4.69, 9.17) is 23.2 Å². The van der Waals surface area contributed by atoms with Crippen molar-refractivity contribution in [3.8, 4) is 0 Å². The molecular weight excluding hydrogens is 243 g/mol. The highest BCUT2D eigenvalue weighted by molar-refractivity contribution is 6.42. The molecule has 0 radical (unpaired) electrons. The van der Waals surface area contributed by atoms with Crippen molar-refractivity contribution in [3.05, 3.63) is 33.8 Å². The molecule has 0 aliphatic heterocycles. The zero-order valence-corrected chi connectivity index (χ0v) is 10.3. The van der Waals surface area contributed by atoms with Gasteiger partial charge in [0.15, 0.2) is 5.78 Å². The number of rotatable bonds is 2. The summed E-state index contributed by atoms with van der Waals surface area (Å²) < 4.78 is 0. The molecule has 2 atom stereocenters. The molecule has 0 bridgehead atoms. The number of fused-ring (bicyclic) bond motifs is 1. The van der Waals surface area contributed by atoms with Gasteiger partial charge in [-0.15, -0.1) is 0 Å². The van der Waals surface area contributed by atoms with Gasteiger partial charge in [-0.3, -0.25) is 4.79 Å². The Bertz CT molecular complexity index is 445. The molecule has 2 unspecified atom stereocenters. The molecule has 2 fully saturated rings. The Hall–Kier alpha value is -0.530. The van der Waals surface area contributed by atoms with Crippen LogP contribution in [0.25, 0.3) is 0 Å². The van der Waals surface area contributed by atoms with E-state index in [0.29, 0.717) is 15.6 Å². The van der Waals surface area contributed by atoms with Gasteiger partial charge in [-0.05, 0) is 49.3 Å². The van der Waals surface area contributed by atoms with Crippen LogP contribution in [-0.2, 0) is 0 Å². The Morgan fingerprint density at radius 3 is 2.38 bits per heavy atom. The first kappa shape index (κ1) is 10.6. The molecule has 1 aromatic rings. The van der Waals surface area contributed by atoms with Crippen LogP contribution in [0.5, 0.6) is 0 Å². The van der Waals surface area contributed by atoms with Crippen LogP contribution >= 0.6 is 23.2 Å². The molecule has 1 aromatic carbocycles. The lowest BCUT2D eigenvalue weighted by Gasteiger charge is -2.10. The predicted octanol–water partition coefficient (Wildman–Crippen LogP) is 4.22. The molecule has 0 saturated heterocycles. The van der Waals surface area contributed by atoms with Gasteiger partial charge in [-0.25, -0.2) is 0 Å². The topological polar surface area (TPSA) is 17.1 Å². The number of carbonyl (C=O) groups is 1. The van der Waals surface area contributed by atoms with E-state index in [1.54, 1.807) is 18.2 Å². The summed E-state index contributed by atoms with van der Waals surface area (Å²) in [5, 5.41) is 0.975. The van der Waals surface area contributed by atoms with Crippen molar-refractivity contribution in [2.45, 2.75) is 19.3 Å². The van der Waals surface area contributed by atoms with Crippen molar-refractivity contribution in [1.29, 1.82) is 0 Å². The average molecular weight is 255 g/mol. The maximum atomic E-state index is 12.2. The van der Waals surface area contributed by atoms with Gasteiger partial charge in [-0.1, -0.05) is 23.2 Å². The van der Waals surface area contributed by atoms with Crippen LogP contribution in [0.2, 0.25) is 10.0 Å². The summed E-state index contributed by atoms with van der Waals surface area (Å²) in [4.78, 5) is 12.2. The van der Waals surface area contributed by atoms with Crippen molar-refractivity contribution in [3.63, 3.8) is 0 Å². The van der Waals surface area contributed by atoms with E-state index in [-0.39, 0.29) is 11.7 Å². The minimum absolute atomic E-state index is 0.223. The monoisotopic (exact) mass is 254 g/mol. The second kappa shape index (κ2) is 3.75. The molecule has 0 heterocycles. The molecular formula is C13H12Cl2O. The highest BCUT2D eigenvalue weighted by Gasteiger charge is 2.47. The fourth-order valence-electron chi connectivity index (χ4n) is 2.81. The molecule has 84 valence electrons. The van der Waals surface area contributed by atoms with Crippen molar-refractivity contribution in [1.82, 2.24) is 0 Å². The predicted molar refractivity (Wildman–Crippen MR) is 65.1 cm³/mol. The maximum absolute atomic E-state index is 12.2. The lowest BCUT2D eigenvalue weighted by molar-refractivity contribution is 0.0914. The third kappa shape index (κ3) is 1.76. The van der Waals surface area contributed by atoms with Crippen LogP contribution in [0.3, 0.4) is 0 Å². The first-order valence-corrected chi connectivity index (χ1v) is 6.40. The lowest BCUT2D eigenvalue weighted by atomic mass is 9.93. The summed E-state index contributed by atoms with van der Waals surface area (Å²) in [5.74, 6) is 2.13. The van der Waals surface area contributed by atoms with E-state index >= 15 is 0 Å². The van der Waals surface area contributed by atoms with Crippen molar-refractivity contribution < 1.29 is 4.79 Å². The second-order valence-electron chi connectivity index (χ2n) is 4.92. The zero-order valence-electron chi connectivity index (χ0n) is 8.75. The van der Waals surface area contributed by atoms with Gasteiger partial charge in [0.05, 0.1) is 10.0 Å². The average Bonchev–Trinajstić information content (AvgIpc) is 2.89. The molecule has 0 spiro atoms. The fraction of sp³-hybridized carbons (Fsp3) is 0.462. The molecule has 3 heteroatoms. The van der Waals surface area contributed by atoms with Gasteiger partial charge in [-0.2, -0.15) is 0 Å². The summed E-state index contributed by atoms with van der Waals surface area (Å²) in [6.45, 7) is 0. The first-order valence-electron chi connectivity index (χ1n) is 5.64. The molecule has 16 heavy (non-hydrogen) atoms. The molecule has 3 rings (SSSR count). The minimum Gasteiger partial charge on any atom is -0.294 e. The molecule has 2 aliphatic rings. The summed E-state index contributed by atoms with van der Waals surface area (Å²) in [6, 6.07) is 5.17. The van der Waals surface area contributed by atoms with E-state index < -0.39 is 0 Å². The Morgan fingerprint density at radius 1 is 1.06 bits per heavy atom. The quantitative estimate of drug-likeness (QED) is 0.723. The van der Waals surface area contributed by atoms with E-state index in [1.165, 1.54) is 6.42 Å². The highest BCUT2D eigenvalue weighted by Crippen LogP contribution is 2.54. The summed E-state index contributed by atoms with van der Waals surface area (Å²) in [7, 11) is 0. The van der Waals surface area contributed by atoms with Crippen LogP contribution in [0.1, 0.15) is 29.6 Å². The van der Waals surface area contributed by atoms with Crippen LogP contribution in [-0.4, -0.2) is 5.78 Å². The van der Waals surface area contributed by atoms with Gasteiger partial charge in [0.2, 0.25) is 0 Å². The van der Waals surface area contributed by atoms with Gasteiger partial charge >= 0.3 is 0 Å². The number of hydrogen-bond acceptors (Lipinski definition) is 1. The first-order chi connectivity index (χ1) is 7.65. The lowest BCUT2D eigenvalue weighted by Crippen LogP contribution is -2.12. The Labute approximate surface area is 105 Å². The van der Waals surface area contributed by atoms with Gasteiger partial charge in [0.25, 0.3) is 0 Å². The Kier molecular flexibility index (Phi) is 2.49. The smallest absolute Gasteiger partial charge is 0.166 e. The number of ketones is 1. The van der Waals surface area contributed by atoms with Crippen LogP contribution in [0.4, 0.5) is 0 Å². The largest absolute Gasteiger partial charge is 0.294 e. The molecule has 1 nitrogen and oxygen atoms in total.